The van der Waals surface area contributed by atoms with E-state index in [2.05, 4.69) is 35.4 Å². The lowest BCUT2D eigenvalue weighted by Crippen LogP contribution is -2.42. The molecule has 0 bridgehead atoms. The smallest absolute Gasteiger partial charge is 0.223 e. The van der Waals surface area contributed by atoms with Gasteiger partial charge in [0.2, 0.25) is 5.91 Å². The lowest BCUT2D eigenvalue weighted by atomic mass is 9.87. The second kappa shape index (κ2) is 6.03. The zero-order valence-electron chi connectivity index (χ0n) is 14.0. The zero-order chi connectivity index (χ0) is 15.8. The van der Waals surface area contributed by atoms with Gasteiger partial charge in [0.1, 0.15) is 0 Å². The summed E-state index contributed by atoms with van der Waals surface area (Å²) in [5.41, 5.74) is 5.34. The highest BCUT2D eigenvalue weighted by atomic mass is 16.1. The normalized spacial score (nSPS) is 22.0. The fourth-order valence-electron chi connectivity index (χ4n) is 4.35. The number of aromatic amines is 1. The number of rotatable bonds is 2. The average molecular weight is 310 g/mol. The number of benzene rings is 1. The lowest BCUT2D eigenvalue weighted by Gasteiger charge is -2.27. The van der Waals surface area contributed by atoms with Gasteiger partial charge >= 0.3 is 0 Å². The topological polar surface area (TPSA) is 44.9 Å². The molecule has 4 rings (SSSR count). The molecule has 1 atom stereocenters. The highest BCUT2D eigenvalue weighted by Crippen LogP contribution is 2.30. The molecule has 0 spiro atoms. The summed E-state index contributed by atoms with van der Waals surface area (Å²) in [6.45, 7) is 2.15. The van der Waals surface area contributed by atoms with Gasteiger partial charge in [-0.3, -0.25) is 4.79 Å². The molecule has 1 heterocycles. The average Bonchev–Trinajstić information content (AvgIpc) is 2.92. The van der Waals surface area contributed by atoms with E-state index in [1.165, 1.54) is 47.0 Å². The molecular weight excluding hydrogens is 284 g/mol. The molecule has 23 heavy (non-hydrogen) atoms. The van der Waals surface area contributed by atoms with E-state index in [0.717, 1.165) is 32.1 Å². The van der Waals surface area contributed by atoms with E-state index < -0.39 is 0 Å². The van der Waals surface area contributed by atoms with Gasteiger partial charge < -0.3 is 10.3 Å². The molecule has 1 amide bonds. The van der Waals surface area contributed by atoms with Crippen LogP contribution < -0.4 is 5.32 Å². The Hall–Kier alpha value is -1.77. The van der Waals surface area contributed by atoms with Crippen LogP contribution in [-0.2, 0) is 17.6 Å². The molecule has 2 aliphatic rings. The number of fused-ring (bicyclic) bond motifs is 3. The fraction of sp³-hybridized carbons (Fsp3) is 0.550. The molecule has 1 saturated carbocycles. The van der Waals surface area contributed by atoms with Crippen LogP contribution in [-0.4, -0.2) is 16.9 Å². The van der Waals surface area contributed by atoms with Crippen LogP contribution in [0.15, 0.2) is 18.2 Å². The Bertz CT molecular complexity index is 725. The van der Waals surface area contributed by atoms with Gasteiger partial charge in [-0.15, -0.1) is 0 Å². The van der Waals surface area contributed by atoms with Crippen molar-refractivity contribution in [1.82, 2.24) is 10.3 Å². The van der Waals surface area contributed by atoms with Crippen molar-refractivity contribution >= 4 is 16.8 Å². The van der Waals surface area contributed by atoms with E-state index in [9.17, 15) is 4.79 Å². The van der Waals surface area contributed by atoms with E-state index in [4.69, 9.17) is 0 Å². The van der Waals surface area contributed by atoms with E-state index in [-0.39, 0.29) is 5.92 Å². The number of aryl methyl sites for hydroxylation is 2. The summed E-state index contributed by atoms with van der Waals surface area (Å²) in [5, 5.41) is 4.70. The summed E-state index contributed by atoms with van der Waals surface area (Å²) in [5.74, 6) is 0.556. The van der Waals surface area contributed by atoms with Gasteiger partial charge in [-0.25, -0.2) is 0 Å². The van der Waals surface area contributed by atoms with Crippen LogP contribution in [0.3, 0.4) is 0 Å². The third-order valence-electron chi connectivity index (χ3n) is 5.67. The molecular formula is C20H26N2O. The monoisotopic (exact) mass is 310 g/mol. The van der Waals surface area contributed by atoms with Crippen molar-refractivity contribution in [2.24, 2.45) is 5.92 Å². The van der Waals surface area contributed by atoms with Gasteiger partial charge in [0, 0.05) is 35.0 Å². The van der Waals surface area contributed by atoms with Crippen molar-refractivity contribution in [3.63, 3.8) is 0 Å². The maximum absolute atomic E-state index is 12.5. The molecule has 1 aromatic heterocycles. The SMILES string of the molecule is Cc1ccc2[nH]c3c(c2c1)CCC(NC(=O)C1CCCCC1)C3. The Labute approximate surface area is 137 Å². The molecule has 1 fully saturated rings. The number of carbonyl (C=O) groups excluding carboxylic acids is 1. The minimum atomic E-state index is 0.260. The molecule has 0 saturated heterocycles. The fourth-order valence-corrected chi connectivity index (χ4v) is 4.35. The Morgan fingerprint density at radius 1 is 1.17 bits per heavy atom. The summed E-state index contributed by atoms with van der Waals surface area (Å²) in [6.07, 6.45) is 8.96. The maximum Gasteiger partial charge on any atom is 0.223 e. The van der Waals surface area contributed by atoms with Crippen LogP contribution >= 0.6 is 0 Å². The number of aromatic nitrogens is 1. The van der Waals surface area contributed by atoms with Gasteiger partial charge in [0.05, 0.1) is 0 Å². The second-order valence-electron chi connectivity index (χ2n) is 7.41. The van der Waals surface area contributed by atoms with Crippen molar-refractivity contribution in [3.05, 3.63) is 35.0 Å². The quantitative estimate of drug-likeness (QED) is 0.864. The minimum absolute atomic E-state index is 0.260. The highest BCUT2D eigenvalue weighted by Gasteiger charge is 2.27. The van der Waals surface area contributed by atoms with Crippen LogP contribution in [0.5, 0.6) is 0 Å². The molecule has 2 aromatic rings. The van der Waals surface area contributed by atoms with Crippen LogP contribution in [0.4, 0.5) is 0 Å². The molecule has 2 N–H and O–H groups in total. The van der Waals surface area contributed by atoms with E-state index >= 15 is 0 Å². The number of hydrogen-bond donors (Lipinski definition) is 2. The first-order chi connectivity index (χ1) is 11.2. The van der Waals surface area contributed by atoms with Crippen LogP contribution in [0.1, 0.15) is 55.3 Å². The summed E-state index contributed by atoms with van der Waals surface area (Å²) >= 11 is 0. The predicted octanol–water partition coefficient (Wildman–Crippen LogP) is 4.03. The van der Waals surface area contributed by atoms with Crippen molar-refractivity contribution in [3.8, 4) is 0 Å². The predicted molar refractivity (Wildman–Crippen MR) is 93.6 cm³/mol. The van der Waals surface area contributed by atoms with Gasteiger partial charge in [0.15, 0.2) is 0 Å². The molecule has 3 nitrogen and oxygen atoms in total. The maximum atomic E-state index is 12.5. The molecule has 1 unspecified atom stereocenters. The highest BCUT2D eigenvalue weighted by molar-refractivity contribution is 5.86. The van der Waals surface area contributed by atoms with Gasteiger partial charge in [-0.1, -0.05) is 30.9 Å². The van der Waals surface area contributed by atoms with Crippen LogP contribution in [0.2, 0.25) is 0 Å². The zero-order valence-corrected chi connectivity index (χ0v) is 14.0. The number of amides is 1. The lowest BCUT2D eigenvalue weighted by molar-refractivity contribution is -0.126. The number of hydrogen-bond acceptors (Lipinski definition) is 1. The van der Waals surface area contributed by atoms with E-state index in [1.54, 1.807) is 0 Å². The Kier molecular flexibility index (Phi) is 3.88. The Morgan fingerprint density at radius 2 is 2.00 bits per heavy atom. The van der Waals surface area contributed by atoms with E-state index in [0.29, 0.717) is 11.9 Å². The first-order valence-corrected chi connectivity index (χ1v) is 9.11. The van der Waals surface area contributed by atoms with Crippen molar-refractivity contribution in [2.45, 2.75) is 64.3 Å². The summed E-state index contributed by atoms with van der Waals surface area (Å²) in [6, 6.07) is 6.92. The summed E-state index contributed by atoms with van der Waals surface area (Å²) < 4.78 is 0. The third-order valence-corrected chi connectivity index (χ3v) is 5.67. The molecule has 0 radical (unpaired) electrons. The third kappa shape index (κ3) is 2.89. The summed E-state index contributed by atoms with van der Waals surface area (Å²) in [7, 11) is 0. The van der Waals surface area contributed by atoms with Crippen molar-refractivity contribution in [1.29, 1.82) is 0 Å². The first-order valence-electron chi connectivity index (χ1n) is 9.11. The van der Waals surface area contributed by atoms with E-state index in [1.807, 2.05) is 0 Å². The first kappa shape index (κ1) is 14.8. The summed E-state index contributed by atoms with van der Waals surface area (Å²) in [4.78, 5) is 16.0. The number of nitrogens with one attached hydrogen (secondary N) is 2. The standard InChI is InChI=1S/C20H26N2O/c1-13-7-10-18-17(11-13)16-9-8-15(12-19(16)22-18)21-20(23)14-5-3-2-4-6-14/h7,10-11,14-15,22H,2-6,8-9,12H2,1H3,(H,21,23). The van der Waals surface area contributed by atoms with Gasteiger partial charge in [-0.05, 0) is 50.3 Å². The second-order valence-corrected chi connectivity index (χ2v) is 7.41. The Morgan fingerprint density at radius 3 is 2.83 bits per heavy atom. The van der Waals surface area contributed by atoms with Crippen molar-refractivity contribution < 1.29 is 4.79 Å². The minimum Gasteiger partial charge on any atom is -0.358 e. The van der Waals surface area contributed by atoms with Crippen LogP contribution in [0.25, 0.3) is 10.9 Å². The van der Waals surface area contributed by atoms with Gasteiger partial charge in [-0.2, -0.15) is 0 Å². The van der Waals surface area contributed by atoms with Crippen molar-refractivity contribution in [2.75, 3.05) is 0 Å². The molecule has 3 heteroatoms. The molecule has 0 aliphatic heterocycles. The van der Waals surface area contributed by atoms with Gasteiger partial charge in [0.25, 0.3) is 0 Å². The number of carbonyl (C=O) groups is 1. The molecule has 2 aliphatic carbocycles. The largest absolute Gasteiger partial charge is 0.358 e. The van der Waals surface area contributed by atoms with Crippen LogP contribution in [0, 0.1) is 12.8 Å². The Balaban J connectivity index is 1.48. The molecule has 1 aromatic carbocycles. The molecule has 122 valence electrons. The number of H-pyrrole nitrogens is 1.